The second kappa shape index (κ2) is 4.57. The molecule has 0 aliphatic rings. The number of carboxylic acids is 1. The SMILES string of the molecule is CN(C)c1cccc(C(=O)C(C)(C)C(=O)O)c1. The number of rotatable bonds is 4. The summed E-state index contributed by atoms with van der Waals surface area (Å²) in [5.41, 5.74) is -0.106. The first-order valence-electron chi connectivity index (χ1n) is 5.32. The van der Waals surface area contributed by atoms with E-state index in [-0.39, 0.29) is 5.78 Å². The lowest BCUT2D eigenvalue weighted by atomic mass is 9.84. The van der Waals surface area contributed by atoms with Gasteiger partial charge in [-0.1, -0.05) is 12.1 Å². The molecule has 1 N–H and O–H groups in total. The maximum absolute atomic E-state index is 12.1. The lowest BCUT2D eigenvalue weighted by Gasteiger charge is -2.19. The first kappa shape index (κ1) is 13.2. The molecule has 0 unspecified atom stereocenters. The van der Waals surface area contributed by atoms with Crippen molar-refractivity contribution >= 4 is 17.4 Å². The molecule has 0 radical (unpaired) electrons. The lowest BCUT2D eigenvalue weighted by molar-refractivity contribution is -0.144. The summed E-state index contributed by atoms with van der Waals surface area (Å²) in [5, 5.41) is 9.02. The number of nitrogens with zero attached hydrogens (tertiary/aromatic N) is 1. The molecular weight excluding hydrogens is 218 g/mol. The van der Waals surface area contributed by atoms with Crippen molar-refractivity contribution in [1.82, 2.24) is 0 Å². The zero-order valence-corrected chi connectivity index (χ0v) is 10.5. The smallest absolute Gasteiger partial charge is 0.316 e. The number of anilines is 1. The minimum Gasteiger partial charge on any atom is -0.481 e. The average molecular weight is 235 g/mol. The third-order valence-corrected chi connectivity index (χ3v) is 2.73. The highest BCUT2D eigenvalue weighted by molar-refractivity contribution is 6.11. The van der Waals surface area contributed by atoms with Crippen LogP contribution in [0.1, 0.15) is 24.2 Å². The fourth-order valence-corrected chi connectivity index (χ4v) is 1.38. The van der Waals surface area contributed by atoms with E-state index in [0.717, 1.165) is 5.69 Å². The topological polar surface area (TPSA) is 57.6 Å². The largest absolute Gasteiger partial charge is 0.481 e. The number of ketones is 1. The number of benzene rings is 1. The van der Waals surface area contributed by atoms with Crippen molar-refractivity contribution in [2.75, 3.05) is 19.0 Å². The standard InChI is InChI=1S/C13H17NO3/c1-13(2,12(16)17)11(15)9-6-5-7-10(8-9)14(3)4/h5-8H,1-4H3,(H,16,17). The van der Waals surface area contributed by atoms with Crippen molar-refractivity contribution in [2.45, 2.75) is 13.8 Å². The van der Waals surface area contributed by atoms with E-state index < -0.39 is 11.4 Å². The number of carbonyl (C=O) groups is 2. The molecule has 4 nitrogen and oxygen atoms in total. The van der Waals surface area contributed by atoms with Gasteiger partial charge in [-0.15, -0.1) is 0 Å². The molecule has 0 spiro atoms. The Morgan fingerprint density at radius 2 is 1.82 bits per heavy atom. The number of hydrogen-bond donors (Lipinski definition) is 1. The minimum atomic E-state index is -1.40. The van der Waals surface area contributed by atoms with Crippen LogP contribution in [-0.4, -0.2) is 31.0 Å². The second-order valence-corrected chi connectivity index (χ2v) is 4.70. The van der Waals surface area contributed by atoms with E-state index in [0.29, 0.717) is 5.56 Å². The van der Waals surface area contributed by atoms with Gasteiger partial charge in [-0.05, 0) is 26.0 Å². The van der Waals surface area contributed by atoms with Gasteiger partial charge in [0, 0.05) is 25.3 Å². The van der Waals surface area contributed by atoms with E-state index in [9.17, 15) is 9.59 Å². The Morgan fingerprint density at radius 1 is 1.24 bits per heavy atom. The van der Waals surface area contributed by atoms with Crippen LogP contribution in [0.15, 0.2) is 24.3 Å². The lowest BCUT2D eigenvalue weighted by Crippen LogP contribution is -2.33. The summed E-state index contributed by atoms with van der Waals surface area (Å²) >= 11 is 0. The molecule has 92 valence electrons. The molecule has 1 rings (SSSR count). The summed E-state index contributed by atoms with van der Waals surface area (Å²) in [5.74, 6) is -1.49. The number of carboxylic acid groups (broad SMARTS) is 1. The second-order valence-electron chi connectivity index (χ2n) is 4.70. The molecule has 0 saturated carbocycles. The predicted molar refractivity (Wildman–Crippen MR) is 66.5 cm³/mol. The van der Waals surface area contributed by atoms with E-state index in [2.05, 4.69) is 0 Å². The zero-order valence-electron chi connectivity index (χ0n) is 10.5. The van der Waals surface area contributed by atoms with E-state index in [1.165, 1.54) is 13.8 Å². The van der Waals surface area contributed by atoms with Crippen LogP contribution in [-0.2, 0) is 4.79 Å². The van der Waals surface area contributed by atoms with Gasteiger partial charge in [0.2, 0.25) is 0 Å². The van der Waals surface area contributed by atoms with Crippen LogP contribution >= 0.6 is 0 Å². The number of hydrogen-bond acceptors (Lipinski definition) is 3. The number of carbonyl (C=O) groups excluding carboxylic acids is 1. The molecule has 0 aliphatic heterocycles. The van der Waals surface area contributed by atoms with Crippen molar-refractivity contribution in [3.8, 4) is 0 Å². The van der Waals surface area contributed by atoms with Gasteiger partial charge in [-0.2, -0.15) is 0 Å². The Morgan fingerprint density at radius 3 is 2.29 bits per heavy atom. The molecule has 17 heavy (non-hydrogen) atoms. The van der Waals surface area contributed by atoms with Crippen molar-refractivity contribution < 1.29 is 14.7 Å². The predicted octanol–water partition coefficient (Wildman–Crippen LogP) is 2.05. The fourth-order valence-electron chi connectivity index (χ4n) is 1.38. The maximum Gasteiger partial charge on any atom is 0.316 e. The van der Waals surface area contributed by atoms with E-state index in [1.807, 2.05) is 25.1 Å². The summed E-state index contributed by atoms with van der Waals surface area (Å²) in [4.78, 5) is 25.0. The monoisotopic (exact) mass is 235 g/mol. The zero-order chi connectivity index (χ0) is 13.2. The summed E-state index contributed by atoms with van der Waals surface area (Å²) in [7, 11) is 3.73. The molecule has 0 aromatic heterocycles. The number of aliphatic carboxylic acids is 1. The Kier molecular flexibility index (Phi) is 3.56. The Balaban J connectivity index is 3.13. The van der Waals surface area contributed by atoms with Gasteiger partial charge in [0.25, 0.3) is 0 Å². The highest BCUT2D eigenvalue weighted by Crippen LogP contribution is 2.24. The van der Waals surface area contributed by atoms with E-state index in [4.69, 9.17) is 5.11 Å². The van der Waals surface area contributed by atoms with Gasteiger partial charge in [-0.25, -0.2) is 0 Å². The van der Waals surface area contributed by atoms with Crippen LogP contribution < -0.4 is 4.90 Å². The summed E-state index contributed by atoms with van der Waals surface area (Å²) < 4.78 is 0. The number of Topliss-reactive ketones (excluding diaryl/α,β-unsaturated/α-hetero) is 1. The van der Waals surface area contributed by atoms with Crippen LogP contribution in [0.2, 0.25) is 0 Å². The summed E-state index contributed by atoms with van der Waals surface area (Å²) in [6.07, 6.45) is 0. The van der Waals surface area contributed by atoms with Crippen molar-refractivity contribution in [1.29, 1.82) is 0 Å². The normalized spacial score (nSPS) is 11.1. The van der Waals surface area contributed by atoms with E-state index in [1.54, 1.807) is 18.2 Å². The van der Waals surface area contributed by atoms with Crippen molar-refractivity contribution in [3.63, 3.8) is 0 Å². The van der Waals surface area contributed by atoms with Crippen LogP contribution in [0, 0.1) is 5.41 Å². The molecule has 1 aromatic carbocycles. The summed E-state index contributed by atoms with van der Waals surface area (Å²) in [6, 6.07) is 6.96. The van der Waals surface area contributed by atoms with Crippen LogP contribution in [0.3, 0.4) is 0 Å². The van der Waals surface area contributed by atoms with Gasteiger partial charge < -0.3 is 10.0 Å². The van der Waals surface area contributed by atoms with E-state index >= 15 is 0 Å². The third kappa shape index (κ3) is 2.64. The highest BCUT2D eigenvalue weighted by Gasteiger charge is 2.36. The molecule has 0 heterocycles. The molecular formula is C13H17NO3. The van der Waals surface area contributed by atoms with Gasteiger partial charge in [0.05, 0.1) is 0 Å². The molecule has 0 atom stereocenters. The van der Waals surface area contributed by atoms with Crippen LogP contribution in [0.25, 0.3) is 0 Å². The Labute approximate surface area is 101 Å². The third-order valence-electron chi connectivity index (χ3n) is 2.73. The first-order valence-corrected chi connectivity index (χ1v) is 5.32. The summed E-state index contributed by atoms with van der Waals surface area (Å²) in [6.45, 7) is 2.83. The Bertz CT molecular complexity index is 450. The van der Waals surface area contributed by atoms with Crippen molar-refractivity contribution in [2.24, 2.45) is 5.41 Å². The van der Waals surface area contributed by atoms with Gasteiger partial charge in [-0.3, -0.25) is 9.59 Å². The van der Waals surface area contributed by atoms with Crippen LogP contribution in [0.4, 0.5) is 5.69 Å². The molecule has 1 aromatic rings. The first-order chi connectivity index (χ1) is 7.76. The molecule has 0 amide bonds. The van der Waals surface area contributed by atoms with Crippen molar-refractivity contribution in [3.05, 3.63) is 29.8 Å². The molecule has 0 fully saturated rings. The molecule has 0 saturated heterocycles. The van der Waals surface area contributed by atoms with Gasteiger partial charge >= 0.3 is 5.97 Å². The Hall–Kier alpha value is -1.84. The molecule has 0 bridgehead atoms. The van der Waals surface area contributed by atoms with Crippen LogP contribution in [0.5, 0.6) is 0 Å². The average Bonchev–Trinajstić information content (AvgIpc) is 2.27. The fraction of sp³-hybridized carbons (Fsp3) is 0.385. The van der Waals surface area contributed by atoms with Gasteiger partial charge in [0.15, 0.2) is 5.78 Å². The minimum absolute atomic E-state index is 0.381. The molecule has 0 aliphatic carbocycles. The maximum atomic E-state index is 12.1. The highest BCUT2D eigenvalue weighted by atomic mass is 16.4. The quantitative estimate of drug-likeness (QED) is 0.641. The molecule has 4 heteroatoms. The van der Waals surface area contributed by atoms with Gasteiger partial charge in [0.1, 0.15) is 5.41 Å².